The minimum absolute atomic E-state index is 0.0381. The van der Waals surface area contributed by atoms with E-state index in [1.54, 1.807) is 36.4 Å². The van der Waals surface area contributed by atoms with Gasteiger partial charge in [0.15, 0.2) is 28.8 Å². The van der Waals surface area contributed by atoms with Gasteiger partial charge in [-0.05, 0) is 64.8 Å². The molecule has 0 radical (unpaired) electrons. The van der Waals surface area contributed by atoms with Crippen LogP contribution in [0.1, 0.15) is 22.8 Å². The average molecular weight is 391 g/mol. The number of hydrogen-bond donors (Lipinski definition) is 1. The molecule has 124 valence electrons. The van der Waals surface area contributed by atoms with Gasteiger partial charge in [-0.15, -0.1) is 0 Å². The number of carbonyl (C=O) groups excluding carboxylic acids is 1. The molecule has 0 saturated heterocycles. The van der Waals surface area contributed by atoms with Crippen LogP contribution in [0.4, 0.5) is 0 Å². The lowest BCUT2D eigenvalue weighted by Gasteiger charge is -2.08. The van der Waals surface area contributed by atoms with Crippen LogP contribution < -0.4 is 14.2 Å². The van der Waals surface area contributed by atoms with Gasteiger partial charge >= 0.3 is 0 Å². The molecule has 1 N–H and O–H groups in total. The number of ketones is 1. The minimum atomic E-state index is -0.157. The van der Waals surface area contributed by atoms with Gasteiger partial charge in [0, 0.05) is 5.56 Å². The molecule has 0 spiro atoms. The van der Waals surface area contributed by atoms with Crippen LogP contribution in [0.5, 0.6) is 23.0 Å². The van der Waals surface area contributed by atoms with Gasteiger partial charge in [0.1, 0.15) is 0 Å². The highest BCUT2D eigenvalue weighted by molar-refractivity contribution is 9.10. The molecule has 0 saturated carbocycles. The standard InChI is InChI=1S/C18H15BrO5/c1-2-22-17-8-11(7-13(19)18(17)21)3-5-14(20)12-4-6-15-16(9-12)24-10-23-15/h3-9,21H,2,10H2,1H3/b5-3+. The third-order valence-electron chi connectivity index (χ3n) is 3.43. The van der Waals surface area contributed by atoms with E-state index in [0.29, 0.717) is 33.9 Å². The van der Waals surface area contributed by atoms with Crippen LogP contribution in [0, 0.1) is 0 Å². The fourth-order valence-corrected chi connectivity index (χ4v) is 2.73. The predicted octanol–water partition coefficient (Wildman–Crippen LogP) is 4.18. The summed E-state index contributed by atoms with van der Waals surface area (Å²) in [6.07, 6.45) is 3.13. The van der Waals surface area contributed by atoms with Crippen molar-refractivity contribution in [2.24, 2.45) is 0 Å². The maximum absolute atomic E-state index is 12.3. The number of fused-ring (bicyclic) bond motifs is 1. The van der Waals surface area contributed by atoms with Crippen molar-refractivity contribution >= 4 is 27.8 Å². The molecule has 0 bridgehead atoms. The molecule has 2 aromatic carbocycles. The summed E-state index contributed by atoms with van der Waals surface area (Å²) in [6, 6.07) is 8.45. The highest BCUT2D eigenvalue weighted by Crippen LogP contribution is 2.36. The van der Waals surface area contributed by atoms with Gasteiger partial charge in [-0.2, -0.15) is 0 Å². The van der Waals surface area contributed by atoms with Gasteiger partial charge in [0.05, 0.1) is 11.1 Å². The molecule has 0 aliphatic carbocycles. The average Bonchev–Trinajstić information content (AvgIpc) is 3.04. The Kier molecular flexibility index (Phi) is 4.76. The molecule has 1 aliphatic heterocycles. The Balaban J connectivity index is 1.81. The third-order valence-corrected chi connectivity index (χ3v) is 4.04. The molecular weight excluding hydrogens is 376 g/mol. The predicted molar refractivity (Wildman–Crippen MR) is 92.9 cm³/mol. The largest absolute Gasteiger partial charge is 0.503 e. The summed E-state index contributed by atoms with van der Waals surface area (Å²) in [7, 11) is 0. The Labute approximate surface area is 147 Å². The second-order valence-corrected chi connectivity index (χ2v) is 5.90. The summed E-state index contributed by atoms with van der Waals surface area (Å²) in [6.45, 7) is 2.44. The smallest absolute Gasteiger partial charge is 0.231 e. The van der Waals surface area contributed by atoms with E-state index in [-0.39, 0.29) is 18.3 Å². The molecule has 24 heavy (non-hydrogen) atoms. The first-order valence-electron chi connectivity index (χ1n) is 7.36. The monoisotopic (exact) mass is 390 g/mol. The first-order chi connectivity index (χ1) is 11.6. The van der Waals surface area contributed by atoms with Crippen LogP contribution in [-0.4, -0.2) is 24.3 Å². The zero-order valence-electron chi connectivity index (χ0n) is 12.9. The molecule has 0 aromatic heterocycles. The summed E-state index contributed by atoms with van der Waals surface area (Å²) in [4.78, 5) is 12.3. The summed E-state index contributed by atoms with van der Waals surface area (Å²) in [5.74, 6) is 1.45. The van der Waals surface area contributed by atoms with Gasteiger partial charge in [0.2, 0.25) is 6.79 Å². The van der Waals surface area contributed by atoms with E-state index in [0.717, 1.165) is 5.56 Å². The van der Waals surface area contributed by atoms with Crippen molar-refractivity contribution in [3.8, 4) is 23.0 Å². The molecule has 0 atom stereocenters. The summed E-state index contributed by atoms with van der Waals surface area (Å²) >= 11 is 3.27. The molecule has 5 nitrogen and oxygen atoms in total. The Morgan fingerprint density at radius 1 is 1.29 bits per heavy atom. The highest BCUT2D eigenvalue weighted by atomic mass is 79.9. The fourth-order valence-electron chi connectivity index (χ4n) is 2.27. The second kappa shape index (κ2) is 6.97. The van der Waals surface area contributed by atoms with Gasteiger partial charge in [-0.1, -0.05) is 6.08 Å². The first-order valence-corrected chi connectivity index (χ1v) is 8.15. The second-order valence-electron chi connectivity index (χ2n) is 5.05. The Bertz CT molecular complexity index is 813. The van der Waals surface area contributed by atoms with Crippen molar-refractivity contribution in [2.75, 3.05) is 13.4 Å². The maximum atomic E-state index is 12.3. The Morgan fingerprint density at radius 3 is 2.88 bits per heavy atom. The number of hydrogen-bond acceptors (Lipinski definition) is 5. The van der Waals surface area contributed by atoms with E-state index in [1.165, 1.54) is 6.08 Å². The van der Waals surface area contributed by atoms with E-state index < -0.39 is 0 Å². The normalized spacial score (nSPS) is 12.6. The zero-order chi connectivity index (χ0) is 17.1. The molecule has 2 aromatic rings. The minimum Gasteiger partial charge on any atom is -0.503 e. The molecule has 3 rings (SSSR count). The fraction of sp³-hybridized carbons (Fsp3) is 0.167. The number of carbonyl (C=O) groups is 1. The lowest BCUT2D eigenvalue weighted by molar-refractivity contribution is 0.104. The van der Waals surface area contributed by atoms with Gasteiger partial charge in [0.25, 0.3) is 0 Å². The number of halogens is 1. The van der Waals surface area contributed by atoms with Crippen LogP contribution in [-0.2, 0) is 0 Å². The van der Waals surface area contributed by atoms with Crippen molar-refractivity contribution < 1.29 is 24.1 Å². The number of aromatic hydroxyl groups is 1. The van der Waals surface area contributed by atoms with E-state index in [9.17, 15) is 9.90 Å². The van der Waals surface area contributed by atoms with Crippen molar-refractivity contribution in [1.82, 2.24) is 0 Å². The van der Waals surface area contributed by atoms with Crippen LogP contribution >= 0.6 is 15.9 Å². The third kappa shape index (κ3) is 3.38. The SMILES string of the molecule is CCOc1cc(/C=C/C(=O)c2ccc3c(c2)OCO3)cc(Br)c1O. The molecule has 0 amide bonds. The van der Waals surface area contributed by atoms with Crippen LogP contribution in [0.15, 0.2) is 40.9 Å². The zero-order valence-corrected chi connectivity index (χ0v) is 14.5. The number of phenolic OH excluding ortho intramolecular Hbond substituents is 1. The van der Waals surface area contributed by atoms with Crippen LogP contribution in [0.2, 0.25) is 0 Å². The summed E-state index contributed by atoms with van der Waals surface area (Å²) in [5.41, 5.74) is 1.25. The lowest BCUT2D eigenvalue weighted by atomic mass is 10.1. The van der Waals surface area contributed by atoms with Crippen molar-refractivity contribution in [1.29, 1.82) is 0 Å². The molecule has 6 heteroatoms. The highest BCUT2D eigenvalue weighted by Gasteiger charge is 2.15. The molecule has 0 unspecified atom stereocenters. The summed E-state index contributed by atoms with van der Waals surface area (Å²) in [5, 5.41) is 9.91. The van der Waals surface area contributed by atoms with Crippen LogP contribution in [0.25, 0.3) is 6.08 Å². The van der Waals surface area contributed by atoms with Gasteiger partial charge < -0.3 is 19.3 Å². The van der Waals surface area contributed by atoms with Crippen molar-refractivity contribution in [2.45, 2.75) is 6.92 Å². The van der Waals surface area contributed by atoms with E-state index in [1.807, 2.05) is 6.92 Å². The lowest BCUT2D eigenvalue weighted by Crippen LogP contribution is -1.95. The summed E-state index contributed by atoms with van der Waals surface area (Å²) < 4.78 is 16.4. The Hall–Kier alpha value is -2.47. The number of ether oxygens (including phenoxy) is 3. The molecule has 1 aliphatic rings. The number of rotatable bonds is 5. The van der Waals surface area contributed by atoms with E-state index in [2.05, 4.69) is 15.9 Å². The molecule has 0 fully saturated rings. The first kappa shape index (κ1) is 16.4. The van der Waals surface area contributed by atoms with Crippen molar-refractivity contribution in [3.05, 3.63) is 52.0 Å². The van der Waals surface area contributed by atoms with Gasteiger partial charge in [-0.25, -0.2) is 0 Å². The quantitative estimate of drug-likeness (QED) is 0.612. The molecule has 1 heterocycles. The van der Waals surface area contributed by atoms with E-state index in [4.69, 9.17) is 14.2 Å². The van der Waals surface area contributed by atoms with E-state index >= 15 is 0 Å². The van der Waals surface area contributed by atoms with Crippen molar-refractivity contribution in [3.63, 3.8) is 0 Å². The van der Waals surface area contributed by atoms with Gasteiger partial charge in [-0.3, -0.25) is 4.79 Å². The number of allylic oxidation sites excluding steroid dienone is 1. The topological polar surface area (TPSA) is 65.0 Å². The van der Waals surface area contributed by atoms with Crippen LogP contribution in [0.3, 0.4) is 0 Å². The number of phenols is 1. The maximum Gasteiger partial charge on any atom is 0.231 e. The Morgan fingerprint density at radius 2 is 2.08 bits per heavy atom. The molecular formula is C18H15BrO5. The number of benzene rings is 2.